The molecule has 0 heterocycles. The van der Waals surface area contributed by atoms with E-state index in [1.54, 1.807) is 0 Å². The van der Waals surface area contributed by atoms with Gasteiger partial charge < -0.3 is 10.4 Å². The molecule has 0 unspecified atom stereocenters. The van der Waals surface area contributed by atoms with E-state index in [9.17, 15) is 0 Å². The van der Waals surface area contributed by atoms with Crippen molar-refractivity contribution in [1.29, 1.82) is 0 Å². The van der Waals surface area contributed by atoms with Gasteiger partial charge in [0.15, 0.2) is 0 Å². The Kier molecular flexibility index (Phi) is 4.71. The van der Waals surface area contributed by atoms with Crippen LogP contribution in [0.25, 0.3) is 0 Å². The first-order chi connectivity index (χ1) is 7.59. The molecule has 0 amide bonds. The van der Waals surface area contributed by atoms with E-state index in [1.165, 1.54) is 11.1 Å². The summed E-state index contributed by atoms with van der Waals surface area (Å²) < 4.78 is 0. The molecular formula is C14H21NO. The van der Waals surface area contributed by atoms with E-state index < -0.39 is 0 Å². The molecule has 1 aromatic rings. The molecule has 0 aliphatic rings. The van der Waals surface area contributed by atoms with Gasteiger partial charge in [-0.25, -0.2) is 0 Å². The third kappa shape index (κ3) is 3.80. The Labute approximate surface area is 98.0 Å². The highest BCUT2D eigenvalue weighted by Gasteiger charge is 2.15. The number of benzene rings is 1. The van der Waals surface area contributed by atoms with Gasteiger partial charge in [0.05, 0.1) is 6.61 Å². The largest absolute Gasteiger partial charge is 0.394 e. The number of hydrogen-bond donors (Lipinski definition) is 2. The van der Waals surface area contributed by atoms with Crippen LogP contribution in [-0.2, 0) is 13.0 Å². The van der Waals surface area contributed by atoms with Crippen LogP contribution in [0, 0.1) is 0 Å². The first kappa shape index (κ1) is 12.9. The molecule has 0 saturated carbocycles. The van der Waals surface area contributed by atoms with E-state index in [1.807, 2.05) is 32.1 Å². The summed E-state index contributed by atoms with van der Waals surface area (Å²) in [5.74, 6) is 0. The zero-order valence-corrected chi connectivity index (χ0v) is 10.2. The van der Waals surface area contributed by atoms with Crippen molar-refractivity contribution in [3.63, 3.8) is 0 Å². The van der Waals surface area contributed by atoms with Crippen LogP contribution in [0.3, 0.4) is 0 Å². The van der Waals surface area contributed by atoms with Crippen LogP contribution in [0.1, 0.15) is 25.0 Å². The summed E-state index contributed by atoms with van der Waals surface area (Å²) in [4.78, 5) is 0. The van der Waals surface area contributed by atoms with Crippen molar-refractivity contribution in [2.75, 3.05) is 6.61 Å². The Morgan fingerprint density at radius 1 is 1.31 bits per heavy atom. The summed E-state index contributed by atoms with van der Waals surface area (Å²) in [5.41, 5.74) is 2.32. The molecule has 2 nitrogen and oxygen atoms in total. The summed E-state index contributed by atoms with van der Waals surface area (Å²) in [6.45, 7) is 8.65. The SMILES string of the molecule is C=CCc1ccccc1CNC(C)(C)CO. The molecule has 16 heavy (non-hydrogen) atoms. The zero-order chi connectivity index (χ0) is 12.0. The first-order valence-electron chi connectivity index (χ1n) is 5.62. The fraction of sp³-hybridized carbons (Fsp3) is 0.429. The lowest BCUT2D eigenvalue weighted by Crippen LogP contribution is -2.42. The summed E-state index contributed by atoms with van der Waals surface area (Å²) in [7, 11) is 0. The second-order valence-electron chi connectivity index (χ2n) is 4.66. The number of aliphatic hydroxyl groups excluding tert-OH is 1. The molecule has 0 aromatic heterocycles. The molecule has 0 radical (unpaired) electrons. The Bertz CT molecular complexity index is 344. The zero-order valence-electron chi connectivity index (χ0n) is 10.2. The van der Waals surface area contributed by atoms with Gasteiger partial charge >= 0.3 is 0 Å². The van der Waals surface area contributed by atoms with E-state index in [2.05, 4.69) is 24.0 Å². The van der Waals surface area contributed by atoms with E-state index >= 15 is 0 Å². The second-order valence-corrected chi connectivity index (χ2v) is 4.66. The van der Waals surface area contributed by atoms with Gasteiger partial charge in [0.2, 0.25) is 0 Å². The molecule has 0 aliphatic heterocycles. The van der Waals surface area contributed by atoms with Gasteiger partial charge in [0.25, 0.3) is 0 Å². The van der Waals surface area contributed by atoms with Gasteiger partial charge in [-0.2, -0.15) is 0 Å². The Balaban J connectivity index is 2.69. The molecule has 2 N–H and O–H groups in total. The van der Waals surface area contributed by atoms with Crippen molar-refractivity contribution >= 4 is 0 Å². The first-order valence-corrected chi connectivity index (χ1v) is 5.62. The minimum Gasteiger partial charge on any atom is -0.394 e. The second kappa shape index (κ2) is 5.83. The topological polar surface area (TPSA) is 32.3 Å². The van der Waals surface area contributed by atoms with Gasteiger partial charge in [-0.05, 0) is 31.4 Å². The predicted octanol–water partition coefficient (Wildman–Crippen LogP) is 2.28. The van der Waals surface area contributed by atoms with Gasteiger partial charge in [-0.3, -0.25) is 0 Å². The van der Waals surface area contributed by atoms with Crippen molar-refractivity contribution in [2.24, 2.45) is 0 Å². The van der Waals surface area contributed by atoms with Gasteiger partial charge in [-0.1, -0.05) is 30.3 Å². The molecule has 0 saturated heterocycles. The standard InChI is InChI=1S/C14H21NO/c1-4-7-12-8-5-6-9-13(12)10-15-14(2,3)11-16/h4-6,8-9,15-16H,1,7,10-11H2,2-3H3. The van der Waals surface area contributed by atoms with Crippen LogP contribution >= 0.6 is 0 Å². The van der Waals surface area contributed by atoms with E-state index in [0.29, 0.717) is 0 Å². The third-order valence-corrected chi connectivity index (χ3v) is 2.64. The maximum atomic E-state index is 9.17. The molecule has 1 rings (SSSR count). The highest BCUT2D eigenvalue weighted by Crippen LogP contribution is 2.11. The molecule has 0 bridgehead atoms. The van der Waals surface area contributed by atoms with Crippen molar-refractivity contribution in [1.82, 2.24) is 5.32 Å². The minimum absolute atomic E-state index is 0.136. The van der Waals surface area contributed by atoms with Crippen LogP contribution < -0.4 is 5.32 Å². The van der Waals surface area contributed by atoms with E-state index in [0.717, 1.165) is 13.0 Å². The lowest BCUT2D eigenvalue weighted by atomic mass is 10.0. The minimum atomic E-state index is -0.235. The van der Waals surface area contributed by atoms with Crippen molar-refractivity contribution in [3.05, 3.63) is 48.0 Å². The summed E-state index contributed by atoms with van der Waals surface area (Å²) in [6, 6.07) is 8.30. The number of hydrogen-bond acceptors (Lipinski definition) is 2. The number of aliphatic hydroxyl groups is 1. The molecular weight excluding hydrogens is 198 g/mol. The van der Waals surface area contributed by atoms with Crippen LogP contribution in [0.2, 0.25) is 0 Å². The van der Waals surface area contributed by atoms with E-state index in [4.69, 9.17) is 5.11 Å². The predicted molar refractivity (Wildman–Crippen MR) is 68.3 cm³/mol. The van der Waals surface area contributed by atoms with Gasteiger partial charge in [0.1, 0.15) is 0 Å². The molecule has 0 aliphatic carbocycles. The fourth-order valence-electron chi connectivity index (χ4n) is 1.47. The van der Waals surface area contributed by atoms with Crippen molar-refractivity contribution in [3.8, 4) is 0 Å². The average Bonchev–Trinajstić information content (AvgIpc) is 2.28. The molecule has 2 heteroatoms. The smallest absolute Gasteiger partial charge is 0.0607 e. The highest BCUT2D eigenvalue weighted by molar-refractivity contribution is 5.28. The molecule has 88 valence electrons. The normalized spacial score (nSPS) is 11.4. The summed E-state index contributed by atoms with van der Waals surface area (Å²) >= 11 is 0. The van der Waals surface area contributed by atoms with Crippen LogP contribution in [-0.4, -0.2) is 17.3 Å². The quantitative estimate of drug-likeness (QED) is 0.719. The van der Waals surface area contributed by atoms with Gasteiger partial charge in [-0.15, -0.1) is 6.58 Å². The van der Waals surface area contributed by atoms with Crippen molar-refractivity contribution in [2.45, 2.75) is 32.4 Å². The Morgan fingerprint density at radius 2 is 1.94 bits per heavy atom. The monoisotopic (exact) mass is 219 g/mol. The van der Waals surface area contributed by atoms with Crippen LogP contribution in [0.15, 0.2) is 36.9 Å². The summed E-state index contributed by atoms with van der Waals surface area (Å²) in [5, 5.41) is 12.5. The maximum absolute atomic E-state index is 9.17. The fourth-order valence-corrected chi connectivity index (χ4v) is 1.47. The van der Waals surface area contributed by atoms with Crippen LogP contribution in [0.5, 0.6) is 0 Å². The molecule has 1 aromatic carbocycles. The van der Waals surface area contributed by atoms with E-state index in [-0.39, 0.29) is 12.1 Å². The number of rotatable bonds is 6. The molecule has 0 spiro atoms. The number of allylic oxidation sites excluding steroid dienone is 1. The Hall–Kier alpha value is -1.12. The van der Waals surface area contributed by atoms with Crippen molar-refractivity contribution < 1.29 is 5.11 Å². The maximum Gasteiger partial charge on any atom is 0.0607 e. The third-order valence-electron chi connectivity index (χ3n) is 2.64. The van der Waals surface area contributed by atoms with Gasteiger partial charge in [0, 0.05) is 12.1 Å². The number of nitrogens with one attached hydrogen (secondary N) is 1. The highest BCUT2D eigenvalue weighted by atomic mass is 16.3. The van der Waals surface area contributed by atoms with Crippen LogP contribution in [0.4, 0.5) is 0 Å². The lowest BCUT2D eigenvalue weighted by Gasteiger charge is -2.24. The Morgan fingerprint density at radius 3 is 2.50 bits per heavy atom. The molecule has 0 fully saturated rings. The lowest BCUT2D eigenvalue weighted by molar-refractivity contribution is 0.187. The average molecular weight is 219 g/mol. The molecule has 0 atom stereocenters. The summed E-state index contributed by atoms with van der Waals surface area (Å²) in [6.07, 6.45) is 2.80.